The third kappa shape index (κ3) is 2.67. The van der Waals surface area contributed by atoms with Gasteiger partial charge in [0.2, 0.25) is 0 Å². The molecule has 108 valence electrons. The van der Waals surface area contributed by atoms with Crippen LogP contribution in [0.3, 0.4) is 0 Å². The Balaban J connectivity index is 1.91. The van der Waals surface area contributed by atoms with E-state index in [2.05, 4.69) is 28.4 Å². The van der Waals surface area contributed by atoms with E-state index in [0.29, 0.717) is 18.3 Å². The number of imidazole rings is 1. The van der Waals surface area contributed by atoms with Crippen LogP contribution in [0.5, 0.6) is 5.75 Å². The molecule has 0 radical (unpaired) electrons. The second-order valence-corrected chi connectivity index (χ2v) is 5.22. The molecule has 2 aromatic heterocycles. The summed E-state index contributed by atoms with van der Waals surface area (Å²) in [5.74, 6) is 1.63. The number of nitrogen functional groups attached to an aromatic ring is 1. The summed E-state index contributed by atoms with van der Waals surface area (Å²) in [7, 11) is 0. The maximum absolute atomic E-state index is 5.81. The van der Waals surface area contributed by atoms with Crippen molar-refractivity contribution >= 4 is 16.7 Å². The zero-order valence-electron chi connectivity index (χ0n) is 12.2. The Morgan fingerprint density at radius 1 is 1.29 bits per heavy atom. The molecule has 0 saturated heterocycles. The quantitative estimate of drug-likeness (QED) is 0.746. The topological polar surface area (TPSA) is 66.0 Å². The average molecular weight is 282 g/mol. The van der Waals surface area contributed by atoms with Crippen molar-refractivity contribution < 1.29 is 4.74 Å². The van der Waals surface area contributed by atoms with Gasteiger partial charge in [-0.05, 0) is 32.0 Å². The number of hydrogen-bond donors (Lipinski definition) is 1. The fourth-order valence-corrected chi connectivity index (χ4v) is 2.43. The zero-order valence-corrected chi connectivity index (χ0v) is 12.2. The van der Waals surface area contributed by atoms with Crippen LogP contribution in [0.4, 0.5) is 5.69 Å². The molecule has 0 spiro atoms. The van der Waals surface area contributed by atoms with E-state index < -0.39 is 0 Å². The SMILES string of the molecule is CC(C)n1c(COc2cccc(N)c2)nc2cnccc21. The molecule has 0 aliphatic heterocycles. The lowest BCUT2D eigenvalue weighted by Gasteiger charge is -2.13. The molecule has 0 saturated carbocycles. The van der Waals surface area contributed by atoms with E-state index in [1.165, 1.54) is 0 Å². The van der Waals surface area contributed by atoms with Gasteiger partial charge in [0.1, 0.15) is 23.7 Å². The zero-order chi connectivity index (χ0) is 14.8. The maximum Gasteiger partial charge on any atom is 0.148 e. The molecule has 0 atom stereocenters. The molecule has 3 aromatic rings. The molecule has 1 aromatic carbocycles. The molecule has 0 aliphatic rings. The van der Waals surface area contributed by atoms with Gasteiger partial charge in [-0.15, -0.1) is 0 Å². The minimum Gasteiger partial charge on any atom is -0.486 e. The minimum atomic E-state index is 0.303. The Morgan fingerprint density at radius 2 is 2.14 bits per heavy atom. The molecule has 5 heteroatoms. The Labute approximate surface area is 123 Å². The third-order valence-corrected chi connectivity index (χ3v) is 3.31. The number of aromatic nitrogens is 3. The fourth-order valence-electron chi connectivity index (χ4n) is 2.43. The molecule has 0 bridgehead atoms. The first-order valence-electron chi connectivity index (χ1n) is 6.94. The lowest BCUT2D eigenvalue weighted by molar-refractivity contribution is 0.287. The van der Waals surface area contributed by atoms with E-state index in [4.69, 9.17) is 10.5 Å². The van der Waals surface area contributed by atoms with Crippen LogP contribution in [0.15, 0.2) is 42.7 Å². The van der Waals surface area contributed by atoms with E-state index in [-0.39, 0.29) is 0 Å². The number of hydrogen-bond acceptors (Lipinski definition) is 4. The van der Waals surface area contributed by atoms with Gasteiger partial charge in [-0.3, -0.25) is 4.98 Å². The van der Waals surface area contributed by atoms with E-state index in [9.17, 15) is 0 Å². The van der Waals surface area contributed by atoms with E-state index in [1.807, 2.05) is 30.3 Å². The van der Waals surface area contributed by atoms with Crippen molar-refractivity contribution in [3.05, 3.63) is 48.5 Å². The molecule has 0 amide bonds. The number of pyridine rings is 1. The van der Waals surface area contributed by atoms with Gasteiger partial charge in [0, 0.05) is 24.0 Å². The summed E-state index contributed by atoms with van der Waals surface area (Å²) in [6.07, 6.45) is 3.56. The van der Waals surface area contributed by atoms with Crippen molar-refractivity contribution in [2.24, 2.45) is 0 Å². The number of fused-ring (bicyclic) bond motifs is 1. The van der Waals surface area contributed by atoms with E-state index >= 15 is 0 Å². The highest BCUT2D eigenvalue weighted by molar-refractivity contribution is 5.74. The second-order valence-electron chi connectivity index (χ2n) is 5.22. The van der Waals surface area contributed by atoms with Crippen molar-refractivity contribution in [2.45, 2.75) is 26.5 Å². The van der Waals surface area contributed by atoms with Crippen molar-refractivity contribution in [2.75, 3.05) is 5.73 Å². The first kappa shape index (κ1) is 13.4. The molecule has 0 fully saturated rings. The van der Waals surface area contributed by atoms with Crippen LogP contribution in [-0.2, 0) is 6.61 Å². The van der Waals surface area contributed by atoms with Gasteiger partial charge in [-0.1, -0.05) is 6.07 Å². The van der Waals surface area contributed by atoms with Crippen LogP contribution in [-0.4, -0.2) is 14.5 Å². The van der Waals surface area contributed by atoms with Gasteiger partial charge in [-0.25, -0.2) is 4.98 Å². The first-order valence-corrected chi connectivity index (χ1v) is 6.94. The first-order chi connectivity index (χ1) is 10.1. The van der Waals surface area contributed by atoms with Gasteiger partial charge >= 0.3 is 0 Å². The predicted octanol–water partition coefficient (Wildman–Crippen LogP) is 3.17. The Kier molecular flexibility index (Phi) is 3.48. The molecule has 0 aliphatic carbocycles. The number of nitrogens with zero attached hydrogens (tertiary/aromatic N) is 3. The summed E-state index contributed by atoms with van der Waals surface area (Å²) in [6, 6.07) is 9.69. The standard InChI is InChI=1S/C16H18N4O/c1-11(2)20-15-6-7-18-9-14(15)19-16(20)10-21-13-5-3-4-12(17)8-13/h3-9,11H,10,17H2,1-2H3. The summed E-state index contributed by atoms with van der Waals surface area (Å²) in [5, 5.41) is 0. The van der Waals surface area contributed by atoms with Crippen molar-refractivity contribution in [1.82, 2.24) is 14.5 Å². The Hall–Kier alpha value is -2.56. The van der Waals surface area contributed by atoms with Crippen molar-refractivity contribution in [1.29, 1.82) is 0 Å². The minimum absolute atomic E-state index is 0.303. The Morgan fingerprint density at radius 3 is 2.90 bits per heavy atom. The number of benzene rings is 1. The molecular formula is C16H18N4O. The van der Waals surface area contributed by atoms with Crippen LogP contribution in [0.2, 0.25) is 0 Å². The predicted molar refractivity (Wildman–Crippen MR) is 83.1 cm³/mol. The smallest absolute Gasteiger partial charge is 0.148 e. The summed E-state index contributed by atoms with van der Waals surface area (Å²) in [6.45, 7) is 4.66. The number of rotatable bonds is 4. The van der Waals surface area contributed by atoms with Gasteiger partial charge < -0.3 is 15.0 Å². The largest absolute Gasteiger partial charge is 0.486 e. The highest BCUT2D eigenvalue weighted by Gasteiger charge is 2.13. The lowest BCUT2D eigenvalue weighted by atomic mass is 10.3. The fraction of sp³-hybridized carbons (Fsp3) is 0.250. The van der Waals surface area contributed by atoms with E-state index in [0.717, 1.165) is 22.6 Å². The van der Waals surface area contributed by atoms with Gasteiger partial charge in [-0.2, -0.15) is 0 Å². The monoisotopic (exact) mass is 282 g/mol. The normalized spacial score (nSPS) is 11.2. The second kappa shape index (κ2) is 5.44. The molecule has 0 unspecified atom stereocenters. The highest BCUT2D eigenvalue weighted by Crippen LogP contribution is 2.22. The third-order valence-electron chi connectivity index (χ3n) is 3.31. The highest BCUT2D eigenvalue weighted by atomic mass is 16.5. The van der Waals surface area contributed by atoms with Crippen molar-refractivity contribution in [3.8, 4) is 5.75 Å². The van der Waals surface area contributed by atoms with Crippen LogP contribution in [0.1, 0.15) is 25.7 Å². The van der Waals surface area contributed by atoms with Crippen LogP contribution in [0.25, 0.3) is 11.0 Å². The van der Waals surface area contributed by atoms with Gasteiger partial charge in [0.25, 0.3) is 0 Å². The molecule has 3 rings (SSSR count). The number of anilines is 1. The Bertz CT molecular complexity index is 764. The average Bonchev–Trinajstić information content (AvgIpc) is 2.83. The molecular weight excluding hydrogens is 264 g/mol. The molecule has 2 N–H and O–H groups in total. The summed E-state index contributed by atoms with van der Waals surface area (Å²) < 4.78 is 7.98. The van der Waals surface area contributed by atoms with Crippen LogP contribution >= 0.6 is 0 Å². The summed E-state index contributed by atoms with van der Waals surface area (Å²) in [5.41, 5.74) is 8.41. The van der Waals surface area contributed by atoms with Gasteiger partial charge in [0.15, 0.2) is 0 Å². The molecule has 2 heterocycles. The number of nitrogens with two attached hydrogens (primary N) is 1. The van der Waals surface area contributed by atoms with Crippen molar-refractivity contribution in [3.63, 3.8) is 0 Å². The van der Waals surface area contributed by atoms with Gasteiger partial charge in [0.05, 0.1) is 11.7 Å². The molecule has 21 heavy (non-hydrogen) atoms. The number of ether oxygens (including phenoxy) is 1. The lowest BCUT2D eigenvalue weighted by Crippen LogP contribution is -2.09. The molecule has 5 nitrogen and oxygen atoms in total. The van der Waals surface area contributed by atoms with Crippen LogP contribution < -0.4 is 10.5 Å². The van der Waals surface area contributed by atoms with Crippen LogP contribution in [0, 0.1) is 0 Å². The van der Waals surface area contributed by atoms with E-state index in [1.54, 1.807) is 12.4 Å². The summed E-state index contributed by atoms with van der Waals surface area (Å²) in [4.78, 5) is 8.74. The summed E-state index contributed by atoms with van der Waals surface area (Å²) >= 11 is 0. The maximum atomic E-state index is 5.81.